The number of rotatable bonds is 5. The Morgan fingerprint density at radius 2 is 1.73 bits per heavy atom. The molecule has 8 nitrogen and oxygen atoms in total. The van der Waals surface area contributed by atoms with Crippen molar-refractivity contribution in [2.75, 3.05) is 21.3 Å². The summed E-state index contributed by atoms with van der Waals surface area (Å²) in [6.07, 6.45) is 0.318. The lowest BCUT2D eigenvalue weighted by Crippen LogP contribution is -2.45. The summed E-state index contributed by atoms with van der Waals surface area (Å²) in [6, 6.07) is 1.51. The van der Waals surface area contributed by atoms with E-state index in [1.807, 2.05) is 0 Å². The SMILES string of the molecule is COc1cc(OC)c(C2NC(=O)CCC2[N+](=O)[O-])cc1OC. The highest BCUT2D eigenvalue weighted by atomic mass is 16.6. The molecule has 1 amide bonds. The zero-order valence-electron chi connectivity index (χ0n) is 12.6. The van der Waals surface area contributed by atoms with Crippen LogP contribution in [0.4, 0.5) is 0 Å². The molecule has 0 aliphatic carbocycles. The normalized spacial score (nSPS) is 21.0. The van der Waals surface area contributed by atoms with Crippen LogP contribution in [0.3, 0.4) is 0 Å². The highest BCUT2D eigenvalue weighted by molar-refractivity contribution is 5.77. The van der Waals surface area contributed by atoms with Gasteiger partial charge < -0.3 is 19.5 Å². The number of amides is 1. The molecule has 0 aromatic heterocycles. The van der Waals surface area contributed by atoms with Gasteiger partial charge >= 0.3 is 0 Å². The van der Waals surface area contributed by atoms with Crippen molar-refractivity contribution < 1.29 is 23.9 Å². The summed E-state index contributed by atoms with van der Waals surface area (Å²) in [5.41, 5.74) is 0.495. The Balaban J connectivity index is 2.52. The van der Waals surface area contributed by atoms with Gasteiger partial charge in [-0.15, -0.1) is 0 Å². The van der Waals surface area contributed by atoms with Crippen molar-refractivity contribution in [2.45, 2.75) is 24.9 Å². The average Bonchev–Trinajstić information content (AvgIpc) is 2.52. The smallest absolute Gasteiger partial charge is 0.237 e. The predicted molar refractivity (Wildman–Crippen MR) is 77.0 cm³/mol. The molecular formula is C14H18N2O6. The Morgan fingerprint density at radius 3 is 2.27 bits per heavy atom. The molecule has 0 spiro atoms. The molecule has 1 aliphatic heterocycles. The van der Waals surface area contributed by atoms with E-state index in [4.69, 9.17) is 14.2 Å². The van der Waals surface area contributed by atoms with Crippen molar-refractivity contribution in [2.24, 2.45) is 0 Å². The first-order valence-corrected chi connectivity index (χ1v) is 6.74. The number of carbonyl (C=O) groups excluding carboxylic acids is 1. The molecule has 0 radical (unpaired) electrons. The molecule has 2 unspecified atom stereocenters. The molecule has 1 N–H and O–H groups in total. The van der Waals surface area contributed by atoms with Crippen LogP contribution in [0, 0.1) is 10.1 Å². The second kappa shape index (κ2) is 6.50. The van der Waals surface area contributed by atoms with Crippen LogP contribution in [0.25, 0.3) is 0 Å². The van der Waals surface area contributed by atoms with Crippen LogP contribution >= 0.6 is 0 Å². The third kappa shape index (κ3) is 2.90. The van der Waals surface area contributed by atoms with Crippen LogP contribution in [0.2, 0.25) is 0 Å². The Labute approximate surface area is 127 Å². The summed E-state index contributed by atoms with van der Waals surface area (Å²) in [7, 11) is 4.41. The van der Waals surface area contributed by atoms with E-state index in [2.05, 4.69) is 5.32 Å². The van der Waals surface area contributed by atoms with Gasteiger partial charge in [0.25, 0.3) is 0 Å². The minimum absolute atomic E-state index is 0.137. The summed E-state index contributed by atoms with van der Waals surface area (Å²) >= 11 is 0. The second-order valence-corrected chi connectivity index (χ2v) is 4.89. The maximum absolute atomic E-state index is 11.7. The predicted octanol–water partition coefficient (Wildman–Crippen LogP) is 1.31. The molecule has 1 heterocycles. The van der Waals surface area contributed by atoms with Crippen LogP contribution in [-0.2, 0) is 4.79 Å². The van der Waals surface area contributed by atoms with E-state index in [1.165, 1.54) is 21.3 Å². The van der Waals surface area contributed by atoms with E-state index in [9.17, 15) is 14.9 Å². The quantitative estimate of drug-likeness (QED) is 0.650. The molecule has 1 aromatic rings. The van der Waals surface area contributed by atoms with Gasteiger partial charge in [-0.3, -0.25) is 14.9 Å². The number of nitro groups is 1. The highest BCUT2D eigenvalue weighted by Crippen LogP contribution is 2.40. The van der Waals surface area contributed by atoms with Crippen LogP contribution in [0.1, 0.15) is 24.4 Å². The fourth-order valence-electron chi connectivity index (χ4n) is 2.60. The number of hydrogen-bond acceptors (Lipinski definition) is 6. The van der Waals surface area contributed by atoms with Crippen molar-refractivity contribution in [3.05, 3.63) is 27.8 Å². The third-order valence-electron chi connectivity index (χ3n) is 3.71. The van der Waals surface area contributed by atoms with Crippen molar-refractivity contribution in [3.63, 3.8) is 0 Å². The summed E-state index contributed by atoms with van der Waals surface area (Å²) in [5.74, 6) is 1.04. The minimum atomic E-state index is -0.912. The molecule has 8 heteroatoms. The molecule has 0 saturated carbocycles. The Morgan fingerprint density at radius 1 is 1.14 bits per heavy atom. The van der Waals surface area contributed by atoms with Crippen molar-refractivity contribution in [1.82, 2.24) is 5.32 Å². The van der Waals surface area contributed by atoms with Crippen molar-refractivity contribution >= 4 is 5.91 Å². The molecule has 120 valence electrons. The van der Waals surface area contributed by atoms with Gasteiger partial charge in [0, 0.05) is 29.4 Å². The topological polar surface area (TPSA) is 99.9 Å². The van der Waals surface area contributed by atoms with E-state index in [1.54, 1.807) is 12.1 Å². The monoisotopic (exact) mass is 310 g/mol. The lowest BCUT2D eigenvalue weighted by atomic mass is 9.91. The van der Waals surface area contributed by atoms with Crippen LogP contribution < -0.4 is 19.5 Å². The summed E-state index contributed by atoms with van der Waals surface area (Å²) in [5, 5.41) is 14.0. The number of ether oxygens (including phenoxy) is 3. The average molecular weight is 310 g/mol. The van der Waals surface area contributed by atoms with Crippen LogP contribution in [0.5, 0.6) is 17.2 Å². The maximum Gasteiger partial charge on any atom is 0.237 e. The first kappa shape index (κ1) is 15.9. The standard InChI is InChI=1S/C14H18N2O6/c1-20-10-7-12(22-3)11(21-2)6-8(10)14-9(16(18)19)4-5-13(17)15-14/h6-7,9,14H,4-5H2,1-3H3,(H,15,17). The molecule has 1 saturated heterocycles. The number of nitrogens with zero attached hydrogens (tertiary/aromatic N) is 1. The van der Waals surface area contributed by atoms with E-state index >= 15 is 0 Å². The fourth-order valence-corrected chi connectivity index (χ4v) is 2.60. The van der Waals surface area contributed by atoms with Gasteiger partial charge in [-0.05, 0) is 6.07 Å². The van der Waals surface area contributed by atoms with Crippen molar-refractivity contribution in [1.29, 1.82) is 0 Å². The summed E-state index contributed by atoms with van der Waals surface area (Å²) < 4.78 is 15.7. The van der Waals surface area contributed by atoms with Gasteiger partial charge in [0.05, 0.1) is 21.3 Å². The fraction of sp³-hybridized carbons (Fsp3) is 0.500. The largest absolute Gasteiger partial charge is 0.496 e. The number of nitrogens with one attached hydrogen (secondary N) is 1. The van der Waals surface area contributed by atoms with Crippen LogP contribution in [0.15, 0.2) is 12.1 Å². The van der Waals surface area contributed by atoms with E-state index in [0.29, 0.717) is 22.8 Å². The van der Waals surface area contributed by atoms with Gasteiger partial charge in [-0.1, -0.05) is 0 Å². The molecule has 1 aromatic carbocycles. The second-order valence-electron chi connectivity index (χ2n) is 4.89. The number of benzene rings is 1. The van der Waals surface area contributed by atoms with Gasteiger partial charge in [0.2, 0.25) is 11.9 Å². The highest BCUT2D eigenvalue weighted by Gasteiger charge is 2.40. The molecule has 22 heavy (non-hydrogen) atoms. The van der Waals surface area contributed by atoms with Gasteiger partial charge in [-0.25, -0.2) is 0 Å². The first-order chi connectivity index (χ1) is 10.5. The molecule has 0 bridgehead atoms. The molecule has 1 aliphatic rings. The number of carbonyl (C=O) groups is 1. The zero-order chi connectivity index (χ0) is 16.3. The minimum Gasteiger partial charge on any atom is -0.496 e. The molecule has 2 rings (SSSR count). The third-order valence-corrected chi connectivity index (χ3v) is 3.71. The molecule has 1 fully saturated rings. The van der Waals surface area contributed by atoms with Gasteiger partial charge in [0.15, 0.2) is 11.5 Å². The van der Waals surface area contributed by atoms with E-state index in [-0.39, 0.29) is 23.7 Å². The summed E-state index contributed by atoms with van der Waals surface area (Å²) in [4.78, 5) is 22.6. The van der Waals surface area contributed by atoms with E-state index < -0.39 is 12.1 Å². The summed E-state index contributed by atoms with van der Waals surface area (Å²) in [6.45, 7) is 0. The van der Waals surface area contributed by atoms with Crippen LogP contribution in [-0.4, -0.2) is 38.2 Å². The Hall–Kier alpha value is -2.51. The lowest BCUT2D eigenvalue weighted by molar-refractivity contribution is -0.529. The molecular weight excluding hydrogens is 292 g/mol. The first-order valence-electron chi connectivity index (χ1n) is 6.74. The molecule has 2 atom stereocenters. The lowest BCUT2D eigenvalue weighted by Gasteiger charge is -2.28. The van der Waals surface area contributed by atoms with Crippen molar-refractivity contribution in [3.8, 4) is 17.2 Å². The Bertz CT molecular complexity index is 589. The Kier molecular flexibility index (Phi) is 4.69. The van der Waals surface area contributed by atoms with Gasteiger partial charge in [-0.2, -0.15) is 0 Å². The zero-order valence-corrected chi connectivity index (χ0v) is 12.6. The van der Waals surface area contributed by atoms with Gasteiger partial charge in [0.1, 0.15) is 11.8 Å². The number of methoxy groups -OCH3 is 3. The van der Waals surface area contributed by atoms with E-state index in [0.717, 1.165) is 0 Å². The number of piperidine rings is 1. The maximum atomic E-state index is 11.7. The number of hydrogen-bond donors (Lipinski definition) is 1.